The maximum Gasteiger partial charge on any atom is 0.251 e. The maximum atomic E-state index is 12.3. The molecule has 0 aromatic heterocycles. The second kappa shape index (κ2) is 7.57. The number of benzene rings is 2. The topological polar surface area (TPSA) is 75.7 Å². The zero-order valence-corrected chi connectivity index (χ0v) is 15.6. The number of ether oxygens (including phenoxy) is 1. The molecule has 0 bridgehead atoms. The van der Waals surface area contributed by atoms with E-state index in [9.17, 15) is 13.2 Å². The highest BCUT2D eigenvalue weighted by Gasteiger charge is 2.15. The number of anilines is 1. The third-order valence-corrected chi connectivity index (χ3v) is 5.10. The number of hydrogen-bond donors (Lipinski definition) is 1. The van der Waals surface area contributed by atoms with Gasteiger partial charge in [0.05, 0.1) is 19.1 Å². The van der Waals surface area contributed by atoms with Gasteiger partial charge in [-0.25, -0.2) is 8.42 Å². The van der Waals surface area contributed by atoms with Gasteiger partial charge in [0.25, 0.3) is 5.91 Å². The van der Waals surface area contributed by atoms with Crippen molar-refractivity contribution in [3.63, 3.8) is 0 Å². The average molecular weight is 362 g/mol. The summed E-state index contributed by atoms with van der Waals surface area (Å²) in [6.45, 7) is 2.17. The van der Waals surface area contributed by atoms with Crippen molar-refractivity contribution in [2.45, 2.75) is 13.5 Å². The molecule has 0 aliphatic heterocycles. The number of carbonyl (C=O) groups excluding carboxylic acids is 1. The van der Waals surface area contributed by atoms with Crippen molar-refractivity contribution in [2.24, 2.45) is 0 Å². The first-order valence-corrected chi connectivity index (χ1v) is 9.53. The third-order valence-electron chi connectivity index (χ3n) is 3.91. The molecular formula is C18H22N2O4S. The minimum atomic E-state index is -3.34. The molecule has 0 aliphatic rings. The average Bonchev–Trinajstić information content (AvgIpc) is 2.58. The lowest BCUT2D eigenvalue weighted by molar-refractivity contribution is 0.0951. The van der Waals surface area contributed by atoms with Gasteiger partial charge in [-0.2, -0.15) is 0 Å². The van der Waals surface area contributed by atoms with Crippen molar-refractivity contribution < 1.29 is 17.9 Å². The fourth-order valence-electron chi connectivity index (χ4n) is 2.36. The Morgan fingerprint density at radius 2 is 1.80 bits per heavy atom. The third kappa shape index (κ3) is 4.73. The van der Waals surface area contributed by atoms with Crippen LogP contribution in [-0.2, 0) is 16.6 Å². The van der Waals surface area contributed by atoms with Gasteiger partial charge in [0.2, 0.25) is 10.0 Å². The monoisotopic (exact) mass is 362 g/mol. The van der Waals surface area contributed by atoms with Gasteiger partial charge < -0.3 is 10.1 Å². The number of hydrogen-bond acceptors (Lipinski definition) is 4. The van der Waals surface area contributed by atoms with E-state index in [0.717, 1.165) is 17.6 Å². The van der Waals surface area contributed by atoms with Crippen LogP contribution in [0.2, 0.25) is 0 Å². The van der Waals surface area contributed by atoms with Gasteiger partial charge in [-0.05, 0) is 48.4 Å². The molecule has 0 spiro atoms. The number of rotatable bonds is 6. The van der Waals surface area contributed by atoms with Gasteiger partial charge in [-0.15, -0.1) is 0 Å². The van der Waals surface area contributed by atoms with Crippen LogP contribution < -0.4 is 14.4 Å². The van der Waals surface area contributed by atoms with Crippen LogP contribution in [0, 0.1) is 6.92 Å². The molecule has 6 nitrogen and oxygen atoms in total. The van der Waals surface area contributed by atoms with Crippen LogP contribution in [-0.4, -0.2) is 34.7 Å². The van der Waals surface area contributed by atoms with Gasteiger partial charge in [-0.1, -0.05) is 12.1 Å². The van der Waals surface area contributed by atoms with Crippen LogP contribution in [0.4, 0.5) is 5.69 Å². The molecule has 0 saturated heterocycles. The Kier molecular flexibility index (Phi) is 5.69. The van der Waals surface area contributed by atoms with Gasteiger partial charge in [-0.3, -0.25) is 9.10 Å². The second-order valence-electron chi connectivity index (χ2n) is 5.76. The Labute approximate surface area is 148 Å². The van der Waals surface area contributed by atoms with Gasteiger partial charge in [0.15, 0.2) is 0 Å². The highest BCUT2D eigenvalue weighted by Crippen LogP contribution is 2.22. The number of aryl methyl sites for hydroxylation is 1. The van der Waals surface area contributed by atoms with E-state index in [2.05, 4.69) is 5.32 Å². The lowest BCUT2D eigenvalue weighted by Gasteiger charge is -2.19. The molecule has 7 heteroatoms. The molecule has 2 aromatic rings. The summed E-state index contributed by atoms with van der Waals surface area (Å²) >= 11 is 0. The lowest BCUT2D eigenvalue weighted by Crippen LogP contribution is -2.26. The molecule has 134 valence electrons. The van der Waals surface area contributed by atoms with Crippen molar-refractivity contribution in [1.29, 1.82) is 0 Å². The molecule has 0 radical (unpaired) electrons. The zero-order chi connectivity index (χ0) is 18.6. The van der Waals surface area contributed by atoms with E-state index in [0.29, 0.717) is 23.4 Å². The molecule has 0 saturated carbocycles. The summed E-state index contributed by atoms with van der Waals surface area (Å²) in [7, 11) is -0.253. The smallest absolute Gasteiger partial charge is 0.251 e. The van der Waals surface area contributed by atoms with Crippen LogP contribution in [0.1, 0.15) is 21.5 Å². The predicted octanol–water partition coefficient (Wildman–Crippen LogP) is 2.33. The van der Waals surface area contributed by atoms with Gasteiger partial charge >= 0.3 is 0 Å². The first-order chi connectivity index (χ1) is 11.7. The number of nitrogens with zero attached hydrogens (tertiary/aromatic N) is 1. The summed E-state index contributed by atoms with van der Waals surface area (Å²) in [5.74, 6) is 0.545. The van der Waals surface area contributed by atoms with Crippen LogP contribution in [0.15, 0.2) is 42.5 Å². The molecule has 0 unspecified atom stereocenters. The van der Waals surface area contributed by atoms with Crippen molar-refractivity contribution in [3.05, 3.63) is 59.2 Å². The van der Waals surface area contributed by atoms with Crippen molar-refractivity contribution in [2.75, 3.05) is 24.7 Å². The van der Waals surface area contributed by atoms with E-state index in [4.69, 9.17) is 4.74 Å². The molecular weight excluding hydrogens is 340 g/mol. The second-order valence-corrected chi connectivity index (χ2v) is 7.78. The summed E-state index contributed by atoms with van der Waals surface area (Å²) in [5, 5.41) is 2.85. The molecule has 2 rings (SSSR count). The summed E-state index contributed by atoms with van der Waals surface area (Å²) in [4.78, 5) is 12.3. The summed E-state index contributed by atoms with van der Waals surface area (Å²) < 4.78 is 29.6. The lowest BCUT2D eigenvalue weighted by atomic mass is 10.1. The highest BCUT2D eigenvalue weighted by molar-refractivity contribution is 7.92. The number of amides is 1. The largest absolute Gasteiger partial charge is 0.497 e. The Hall–Kier alpha value is -2.54. The minimum Gasteiger partial charge on any atom is -0.497 e. The maximum absolute atomic E-state index is 12.3. The molecule has 1 amide bonds. The van der Waals surface area contributed by atoms with Crippen LogP contribution >= 0.6 is 0 Å². The first-order valence-electron chi connectivity index (χ1n) is 7.68. The van der Waals surface area contributed by atoms with Crippen molar-refractivity contribution in [3.8, 4) is 5.75 Å². The predicted molar refractivity (Wildman–Crippen MR) is 98.6 cm³/mol. The molecule has 1 N–H and O–H groups in total. The fraction of sp³-hybridized carbons (Fsp3) is 0.278. The van der Waals surface area contributed by atoms with Gasteiger partial charge in [0.1, 0.15) is 5.75 Å². The summed E-state index contributed by atoms with van der Waals surface area (Å²) in [5.41, 5.74) is 2.70. The Balaban J connectivity index is 2.08. The number of sulfonamides is 1. The quantitative estimate of drug-likeness (QED) is 0.856. The van der Waals surface area contributed by atoms with E-state index >= 15 is 0 Å². The van der Waals surface area contributed by atoms with E-state index in [1.807, 2.05) is 24.3 Å². The number of methoxy groups -OCH3 is 1. The number of carbonyl (C=O) groups is 1. The number of nitrogens with one attached hydrogen (secondary N) is 1. The van der Waals surface area contributed by atoms with E-state index in [1.54, 1.807) is 32.2 Å². The van der Waals surface area contributed by atoms with E-state index in [-0.39, 0.29) is 5.91 Å². The molecule has 2 aromatic carbocycles. The van der Waals surface area contributed by atoms with Crippen LogP contribution in [0.5, 0.6) is 5.75 Å². The van der Waals surface area contributed by atoms with E-state index in [1.165, 1.54) is 11.4 Å². The molecule has 0 aliphatic carbocycles. The normalized spacial score (nSPS) is 11.0. The fourth-order valence-corrected chi connectivity index (χ4v) is 2.92. The SMILES string of the molecule is COc1ccc(CNC(=O)c2ccc(N(C)S(C)(=O)=O)c(C)c2)cc1. The molecule has 0 fully saturated rings. The highest BCUT2D eigenvalue weighted by atomic mass is 32.2. The van der Waals surface area contributed by atoms with Crippen LogP contribution in [0.25, 0.3) is 0 Å². The Morgan fingerprint density at radius 3 is 2.32 bits per heavy atom. The Morgan fingerprint density at radius 1 is 1.16 bits per heavy atom. The van der Waals surface area contributed by atoms with Crippen molar-refractivity contribution in [1.82, 2.24) is 5.32 Å². The van der Waals surface area contributed by atoms with Crippen molar-refractivity contribution >= 4 is 21.6 Å². The van der Waals surface area contributed by atoms with E-state index < -0.39 is 10.0 Å². The molecule has 0 atom stereocenters. The summed E-state index contributed by atoms with van der Waals surface area (Å²) in [6, 6.07) is 12.4. The zero-order valence-electron chi connectivity index (χ0n) is 14.7. The van der Waals surface area contributed by atoms with Crippen LogP contribution in [0.3, 0.4) is 0 Å². The molecule has 25 heavy (non-hydrogen) atoms. The van der Waals surface area contributed by atoms with Gasteiger partial charge in [0, 0.05) is 19.2 Å². The Bertz CT molecular complexity index is 861. The standard InChI is InChI=1S/C18H22N2O4S/c1-13-11-15(7-10-17(13)20(2)25(4,22)23)18(21)19-12-14-5-8-16(24-3)9-6-14/h5-11H,12H2,1-4H3,(H,19,21). The first kappa shape index (κ1) is 18.8. The molecule has 0 heterocycles. The minimum absolute atomic E-state index is 0.215. The summed E-state index contributed by atoms with van der Waals surface area (Å²) in [6.07, 6.45) is 1.14.